The Bertz CT molecular complexity index is 1370. The number of ketones is 2. The van der Waals surface area contributed by atoms with E-state index in [2.05, 4.69) is 0 Å². The van der Waals surface area contributed by atoms with Crippen LogP contribution < -0.4 is 0 Å². The molecule has 2 aromatic rings. The third-order valence-electron chi connectivity index (χ3n) is 9.51. The fraction of sp³-hybridized carbons (Fsp3) is 0.500. The number of hydrogen-bond acceptors (Lipinski definition) is 10. The molecule has 6 atom stereocenters. The quantitative estimate of drug-likeness (QED) is 0.296. The Morgan fingerprint density at radius 3 is 1.33 bits per heavy atom. The first kappa shape index (κ1) is 34.6. The van der Waals surface area contributed by atoms with E-state index in [0.29, 0.717) is 25.7 Å². The predicted molar refractivity (Wildman–Crippen MR) is 170 cm³/mol. The van der Waals surface area contributed by atoms with Gasteiger partial charge in [-0.05, 0) is 37.8 Å². The first-order valence-corrected chi connectivity index (χ1v) is 16.6. The Kier molecular flexibility index (Phi) is 11.5. The first-order chi connectivity index (χ1) is 23.2. The molecule has 2 aromatic carbocycles. The highest BCUT2D eigenvalue weighted by Crippen LogP contribution is 2.42. The topological polar surface area (TPSA) is 146 Å². The minimum atomic E-state index is -0.718. The maximum absolute atomic E-state index is 12.5. The number of nitrogens with zero attached hydrogens (tertiary/aromatic N) is 2. The number of benzene rings is 2. The summed E-state index contributed by atoms with van der Waals surface area (Å²) in [5.74, 6) is -1.51. The molecule has 2 amide bonds. The van der Waals surface area contributed by atoms with Crippen LogP contribution in [-0.2, 0) is 51.3 Å². The van der Waals surface area contributed by atoms with Gasteiger partial charge in [-0.25, -0.2) is 19.2 Å². The van der Waals surface area contributed by atoms with Crippen molar-refractivity contribution in [1.82, 2.24) is 9.80 Å². The number of amides is 2. The van der Waals surface area contributed by atoms with E-state index in [9.17, 15) is 28.8 Å². The summed E-state index contributed by atoms with van der Waals surface area (Å²) in [4.78, 5) is 76.3. The molecule has 0 unspecified atom stereocenters. The van der Waals surface area contributed by atoms with E-state index in [1.165, 1.54) is 9.80 Å². The van der Waals surface area contributed by atoms with Crippen molar-refractivity contribution in [3.8, 4) is 0 Å². The van der Waals surface area contributed by atoms with Crippen molar-refractivity contribution >= 4 is 35.7 Å². The lowest BCUT2D eigenvalue weighted by molar-refractivity contribution is -0.150. The molecule has 0 bridgehead atoms. The highest BCUT2D eigenvalue weighted by molar-refractivity contribution is 5.91. The molecule has 12 heteroatoms. The zero-order chi connectivity index (χ0) is 34.2. The standard InChI is InChI=1S/2C18H21NO5/c2*1-2-23-17(21)16-13-8-9-15(20)14(13)10-19(16)18(22)24-11-12-6-4-3-5-7-12/h2*3-7,13-14,16H,2,8-11H2,1H3/t2*13-,14-,16-/m10/s1. The summed E-state index contributed by atoms with van der Waals surface area (Å²) < 4.78 is 20.9. The summed E-state index contributed by atoms with van der Waals surface area (Å²) in [5.41, 5.74) is 1.74. The van der Waals surface area contributed by atoms with Gasteiger partial charge in [0.25, 0.3) is 0 Å². The molecule has 12 nitrogen and oxygen atoms in total. The number of fused-ring (bicyclic) bond motifs is 2. The molecule has 6 rings (SSSR count). The molecule has 0 spiro atoms. The van der Waals surface area contributed by atoms with Gasteiger partial charge in [-0.2, -0.15) is 0 Å². The van der Waals surface area contributed by atoms with Gasteiger partial charge in [0.05, 0.1) is 13.2 Å². The number of hydrogen-bond donors (Lipinski definition) is 0. The van der Waals surface area contributed by atoms with Crippen LogP contribution in [0.15, 0.2) is 60.7 Å². The summed E-state index contributed by atoms with van der Waals surface area (Å²) in [5, 5.41) is 0. The molecule has 2 aliphatic heterocycles. The summed E-state index contributed by atoms with van der Waals surface area (Å²) in [6, 6.07) is 17.2. The number of carbonyl (C=O) groups is 6. The number of esters is 2. The Morgan fingerprint density at radius 1 is 0.604 bits per heavy atom. The summed E-state index contributed by atoms with van der Waals surface area (Å²) >= 11 is 0. The van der Waals surface area contributed by atoms with Crippen LogP contribution in [0.2, 0.25) is 0 Å². The highest BCUT2D eigenvalue weighted by Gasteiger charge is 2.55. The van der Waals surface area contributed by atoms with Crippen LogP contribution in [0.5, 0.6) is 0 Å². The summed E-state index contributed by atoms with van der Waals surface area (Å²) in [6.07, 6.45) is 1.04. The van der Waals surface area contributed by atoms with Crippen LogP contribution in [-0.4, -0.2) is 83.9 Å². The van der Waals surface area contributed by atoms with Gasteiger partial charge in [0.1, 0.15) is 36.9 Å². The van der Waals surface area contributed by atoms with Crippen molar-refractivity contribution in [1.29, 1.82) is 0 Å². The molecule has 256 valence electrons. The van der Waals surface area contributed by atoms with E-state index in [4.69, 9.17) is 18.9 Å². The molecule has 2 saturated carbocycles. The number of rotatable bonds is 8. The number of ether oxygens (including phenoxy) is 4. The van der Waals surface area contributed by atoms with Gasteiger partial charge in [-0.15, -0.1) is 0 Å². The van der Waals surface area contributed by atoms with Crippen molar-refractivity contribution in [2.45, 2.75) is 64.8 Å². The largest absolute Gasteiger partial charge is 0.464 e. The minimum absolute atomic E-state index is 0.118. The van der Waals surface area contributed by atoms with E-state index in [-0.39, 0.29) is 74.8 Å². The van der Waals surface area contributed by atoms with E-state index in [1.54, 1.807) is 13.8 Å². The van der Waals surface area contributed by atoms with Crippen molar-refractivity contribution in [3.63, 3.8) is 0 Å². The molecule has 4 aliphatic rings. The monoisotopic (exact) mass is 662 g/mol. The molecule has 2 saturated heterocycles. The third kappa shape index (κ3) is 7.69. The highest BCUT2D eigenvalue weighted by atomic mass is 16.6. The van der Waals surface area contributed by atoms with Crippen molar-refractivity contribution < 1.29 is 47.7 Å². The van der Waals surface area contributed by atoms with Gasteiger partial charge in [0.15, 0.2) is 0 Å². The average Bonchev–Trinajstić information content (AvgIpc) is 3.86. The maximum Gasteiger partial charge on any atom is 0.410 e. The third-order valence-corrected chi connectivity index (χ3v) is 9.51. The molecule has 2 aliphatic carbocycles. The van der Waals surface area contributed by atoms with Crippen molar-refractivity contribution in [2.24, 2.45) is 23.7 Å². The number of Topliss-reactive ketones (excluding diaryl/α,β-unsaturated/α-hetero) is 2. The zero-order valence-corrected chi connectivity index (χ0v) is 27.3. The molecule has 0 radical (unpaired) electrons. The Morgan fingerprint density at radius 2 is 0.979 bits per heavy atom. The van der Waals surface area contributed by atoms with E-state index < -0.39 is 36.2 Å². The summed E-state index contributed by atoms with van der Waals surface area (Å²) in [7, 11) is 0. The lowest BCUT2D eigenvalue weighted by Gasteiger charge is -2.25. The normalized spacial score (nSPS) is 25.5. The van der Waals surface area contributed by atoms with Crippen LogP contribution in [0.4, 0.5) is 9.59 Å². The SMILES string of the molecule is CCOC(=O)[C@@H]1[C@H]2CCC(=O)[C@H]2CN1C(=O)OCc1ccccc1.CCOC(=O)[C@H]1[C@@H]2CCC(=O)[C@@H]2CN1C(=O)OCc1ccccc1. The van der Waals surface area contributed by atoms with Gasteiger partial charge >= 0.3 is 24.1 Å². The lowest BCUT2D eigenvalue weighted by Crippen LogP contribution is -2.44. The van der Waals surface area contributed by atoms with Crippen LogP contribution in [0.25, 0.3) is 0 Å². The summed E-state index contributed by atoms with van der Waals surface area (Å²) in [6.45, 7) is 4.68. The second kappa shape index (κ2) is 15.9. The van der Waals surface area contributed by atoms with Crippen LogP contribution in [0.3, 0.4) is 0 Å². The van der Waals surface area contributed by atoms with Gasteiger partial charge in [0, 0.05) is 49.6 Å². The second-order valence-electron chi connectivity index (χ2n) is 12.3. The fourth-order valence-corrected chi connectivity index (χ4v) is 7.25. The van der Waals surface area contributed by atoms with Crippen LogP contribution in [0, 0.1) is 23.7 Å². The molecule has 4 fully saturated rings. The Hall–Kier alpha value is -4.74. The van der Waals surface area contributed by atoms with Gasteiger partial charge in [-0.1, -0.05) is 60.7 Å². The van der Waals surface area contributed by atoms with Crippen molar-refractivity contribution in [3.05, 3.63) is 71.8 Å². The van der Waals surface area contributed by atoms with Gasteiger partial charge in [0.2, 0.25) is 0 Å². The molecular formula is C36H42N2O10. The maximum atomic E-state index is 12.5. The molecule has 0 N–H and O–H groups in total. The zero-order valence-electron chi connectivity index (χ0n) is 27.3. The van der Waals surface area contributed by atoms with Gasteiger partial charge in [-0.3, -0.25) is 19.4 Å². The van der Waals surface area contributed by atoms with Crippen LogP contribution in [0.1, 0.15) is 50.7 Å². The lowest BCUT2D eigenvalue weighted by atomic mass is 9.94. The number of likely N-dealkylation sites (tertiary alicyclic amines) is 2. The Labute approximate surface area is 279 Å². The van der Waals surface area contributed by atoms with E-state index in [1.807, 2.05) is 60.7 Å². The first-order valence-electron chi connectivity index (χ1n) is 16.6. The fourth-order valence-electron chi connectivity index (χ4n) is 7.25. The number of carbonyl (C=O) groups excluding carboxylic acids is 6. The van der Waals surface area contributed by atoms with Crippen molar-refractivity contribution in [2.75, 3.05) is 26.3 Å². The van der Waals surface area contributed by atoms with E-state index >= 15 is 0 Å². The second-order valence-corrected chi connectivity index (χ2v) is 12.3. The van der Waals surface area contributed by atoms with Gasteiger partial charge < -0.3 is 18.9 Å². The van der Waals surface area contributed by atoms with Crippen LogP contribution >= 0.6 is 0 Å². The average molecular weight is 663 g/mol. The molecule has 0 aromatic heterocycles. The smallest absolute Gasteiger partial charge is 0.410 e. The molecule has 48 heavy (non-hydrogen) atoms. The Balaban J connectivity index is 0.000000188. The predicted octanol–water partition coefficient (Wildman–Crippen LogP) is 4.33. The van der Waals surface area contributed by atoms with E-state index in [0.717, 1.165) is 11.1 Å². The minimum Gasteiger partial charge on any atom is -0.464 e. The molecular weight excluding hydrogens is 620 g/mol. The molecule has 2 heterocycles.